The number of rotatable bonds is 2. The first-order chi connectivity index (χ1) is 7.85. The maximum Gasteiger partial charge on any atom is 0.169 e. The van der Waals surface area contributed by atoms with E-state index in [4.69, 9.17) is 10.00 Å². The van der Waals surface area contributed by atoms with Gasteiger partial charge in [-0.25, -0.2) is 0 Å². The number of ether oxygens (including phenoxy) is 1. The Labute approximate surface area is 94.7 Å². The van der Waals surface area contributed by atoms with E-state index in [9.17, 15) is 0 Å². The van der Waals surface area contributed by atoms with Crippen LogP contribution in [-0.4, -0.2) is 36.5 Å². The number of aromatic nitrogens is 2. The molecule has 0 aliphatic carbocycles. The molecule has 0 N–H and O–H groups in total. The second-order valence-corrected chi connectivity index (χ2v) is 3.83. The second kappa shape index (κ2) is 4.90. The van der Waals surface area contributed by atoms with Gasteiger partial charge in [-0.05, 0) is 18.9 Å². The lowest BCUT2D eigenvalue weighted by atomic mass is 10.1. The summed E-state index contributed by atoms with van der Waals surface area (Å²) >= 11 is 0. The van der Waals surface area contributed by atoms with Crippen molar-refractivity contribution < 1.29 is 4.74 Å². The lowest BCUT2D eigenvalue weighted by Crippen LogP contribution is -2.40. The molecule has 0 amide bonds. The number of anilines is 1. The fourth-order valence-electron chi connectivity index (χ4n) is 1.97. The Morgan fingerprint density at radius 2 is 2.50 bits per heavy atom. The minimum atomic E-state index is 0.224. The predicted octanol–water partition coefficient (Wildman–Crippen LogP) is 0.963. The second-order valence-electron chi connectivity index (χ2n) is 3.83. The number of hydrogen-bond donors (Lipinski definition) is 0. The van der Waals surface area contributed by atoms with E-state index in [0.29, 0.717) is 11.4 Å². The summed E-state index contributed by atoms with van der Waals surface area (Å²) < 4.78 is 5.34. The Hall–Kier alpha value is -1.67. The number of piperidine rings is 1. The summed E-state index contributed by atoms with van der Waals surface area (Å²) in [6, 6.07) is 3.83. The molecule has 0 saturated carbocycles. The summed E-state index contributed by atoms with van der Waals surface area (Å²) in [4.78, 5) is 2.07. The third-order valence-electron chi connectivity index (χ3n) is 2.83. The topological polar surface area (TPSA) is 62.0 Å². The summed E-state index contributed by atoms with van der Waals surface area (Å²) in [5, 5.41) is 16.9. The normalized spacial score (nSPS) is 20.5. The number of nitrogens with zero attached hydrogens (tertiary/aromatic N) is 4. The van der Waals surface area contributed by atoms with Gasteiger partial charge in [-0.3, -0.25) is 0 Å². The van der Waals surface area contributed by atoms with Gasteiger partial charge in [0.1, 0.15) is 6.07 Å². The van der Waals surface area contributed by atoms with Crippen molar-refractivity contribution in [2.24, 2.45) is 0 Å². The van der Waals surface area contributed by atoms with E-state index in [1.165, 1.54) is 0 Å². The molecule has 1 unspecified atom stereocenters. The van der Waals surface area contributed by atoms with E-state index >= 15 is 0 Å². The Morgan fingerprint density at radius 3 is 3.25 bits per heavy atom. The highest BCUT2D eigenvalue weighted by Crippen LogP contribution is 2.21. The van der Waals surface area contributed by atoms with Gasteiger partial charge in [-0.2, -0.15) is 10.4 Å². The Balaban J connectivity index is 2.20. The van der Waals surface area contributed by atoms with Crippen LogP contribution in [0.1, 0.15) is 18.4 Å². The van der Waals surface area contributed by atoms with Crippen molar-refractivity contribution in [1.82, 2.24) is 10.2 Å². The number of hydrogen-bond acceptors (Lipinski definition) is 5. The van der Waals surface area contributed by atoms with E-state index < -0.39 is 0 Å². The summed E-state index contributed by atoms with van der Waals surface area (Å²) in [5.74, 6) is 0.673. The quantitative estimate of drug-likeness (QED) is 0.740. The Morgan fingerprint density at radius 1 is 1.62 bits per heavy atom. The van der Waals surface area contributed by atoms with Crippen LogP contribution < -0.4 is 4.90 Å². The number of methoxy groups -OCH3 is 1. The van der Waals surface area contributed by atoms with Crippen molar-refractivity contribution in [3.05, 3.63) is 17.8 Å². The minimum Gasteiger partial charge on any atom is -0.380 e. The van der Waals surface area contributed by atoms with E-state index in [0.717, 1.165) is 25.9 Å². The molecule has 0 spiro atoms. The average molecular weight is 218 g/mol. The van der Waals surface area contributed by atoms with Crippen LogP contribution in [0.5, 0.6) is 0 Å². The molecule has 2 heterocycles. The first-order valence-corrected chi connectivity index (χ1v) is 5.34. The lowest BCUT2D eigenvalue weighted by molar-refractivity contribution is 0.0891. The zero-order chi connectivity index (χ0) is 11.4. The molecule has 0 radical (unpaired) electrons. The van der Waals surface area contributed by atoms with Gasteiger partial charge in [0.25, 0.3) is 0 Å². The van der Waals surface area contributed by atoms with E-state index in [1.54, 1.807) is 19.4 Å². The SMILES string of the molecule is COC1CCCN(c2nnccc2C#N)C1. The molecule has 0 bridgehead atoms. The van der Waals surface area contributed by atoms with Gasteiger partial charge in [0, 0.05) is 20.2 Å². The van der Waals surface area contributed by atoms with Crippen molar-refractivity contribution in [2.45, 2.75) is 18.9 Å². The third-order valence-corrected chi connectivity index (χ3v) is 2.83. The fourth-order valence-corrected chi connectivity index (χ4v) is 1.97. The first kappa shape index (κ1) is 10.8. The highest BCUT2D eigenvalue weighted by atomic mass is 16.5. The van der Waals surface area contributed by atoms with Crippen LogP contribution >= 0.6 is 0 Å². The largest absolute Gasteiger partial charge is 0.380 e. The standard InChI is InChI=1S/C11H14N4O/c1-16-10-3-2-6-15(8-10)11-9(7-12)4-5-13-14-11/h4-5,10H,2-3,6,8H2,1H3. The minimum absolute atomic E-state index is 0.224. The maximum absolute atomic E-state index is 9.00. The van der Waals surface area contributed by atoms with Gasteiger partial charge >= 0.3 is 0 Å². The van der Waals surface area contributed by atoms with Gasteiger partial charge in [0.15, 0.2) is 5.82 Å². The predicted molar refractivity (Wildman–Crippen MR) is 59.0 cm³/mol. The molecule has 5 nitrogen and oxygen atoms in total. The molecule has 2 rings (SSSR count). The van der Waals surface area contributed by atoms with Crippen molar-refractivity contribution in [1.29, 1.82) is 5.26 Å². The highest BCUT2D eigenvalue weighted by molar-refractivity contribution is 5.52. The summed E-state index contributed by atoms with van der Waals surface area (Å²) in [6.45, 7) is 1.69. The van der Waals surface area contributed by atoms with Crippen LogP contribution in [-0.2, 0) is 4.74 Å². The molecular formula is C11H14N4O. The van der Waals surface area contributed by atoms with Gasteiger partial charge < -0.3 is 9.64 Å². The monoisotopic (exact) mass is 218 g/mol. The van der Waals surface area contributed by atoms with Crippen LogP contribution in [0.4, 0.5) is 5.82 Å². The lowest BCUT2D eigenvalue weighted by Gasteiger charge is -2.32. The summed E-state index contributed by atoms with van der Waals surface area (Å²) in [5.41, 5.74) is 0.576. The van der Waals surface area contributed by atoms with Crippen LogP contribution in [0.25, 0.3) is 0 Å². The maximum atomic E-state index is 9.00. The summed E-state index contributed by atoms with van der Waals surface area (Å²) in [7, 11) is 1.72. The molecule has 1 atom stereocenters. The van der Waals surface area contributed by atoms with Crippen LogP contribution in [0, 0.1) is 11.3 Å². The van der Waals surface area contributed by atoms with E-state index in [1.807, 2.05) is 0 Å². The van der Waals surface area contributed by atoms with Gasteiger partial charge in [-0.1, -0.05) is 0 Å². The van der Waals surface area contributed by atoms with Crippen molar-refractivity contribution >= 4 is 5.82 Å². The van der Waals surface area contributed by atoms with E-state index in [2.05, 4.69) is 21.2 Å². The van der Waals surface area contributed by atoms with Crippen molar-refractivity contribution in [3.8, 4) is 6.07 Å². The molecule has 1 aromatic rings. The first-order valence-electron chi connectivity index (χ1n) is 5.34. The van der Waals surface area contributed by atoms with Crippen molar-refractivity contribution in [3.63, 3.8) is 0 Å². The van der Waals surface area contributed by atoms with Crippen LogP contribution in [0.15, 0.2) is 12.3 Å². The molecule has 84 valence electrons. The molecule has 16 heavy (non-hydrogen) atoms. The van der Waals surface area contributed by atoms with Crippen molar-refractivity contribution in [2.75, 3.05) is 25.1 Å². The van der Waals surface area contributed by atoms with Gasteiger partial charge in [-0.15, -0.1) is 5.10 Å². The van der Waals surface area contributed by atoms with Crippen LogP contribution in [0.3, 0.4) is 0 Å². The van der Waals surface area contributed by atoms with Gasteiger partial charge in [0.2, 0.25) is 0 Å². The zero-order valence-electron chi connectivity index (χ0n) is 9.26. The molecule has 0 aromatic carbocycles. The van der Waals surface area contributed by atoms with E-state index in [-0.39, 0.29) is 6.10 Å². The third kappa shape index (κ3) is 2.12. The molecule has 1 saturated heterocycles. The molecule has 1 aromatic heterocycles. The highest BCUT2D eigenvalue weighted by Gasteiger charge is 2.22. The molecule has 1 aliphatic rings. The Kier molecular flexibility index (Phi) is 3.32. The zero-order valence-corrected chi connectivity index (χ0v) is 9.26. The molecule has 1 aliphatic heterocycles. The Bertz CT molecular complexity index is 401. The number of nitriles is 1. The average Bonchev–Trinajstić information content (AvgIpc) is 2.38. The molecule has 1 fully saturated rings. The van der Waals surface area contributed by atoms with Gasteiger partial charge in [0.05, 0.1) is 17.9 Å². The smallest absolute Gasteiger partial charge is 0.169 e. The van der Waals surface area contributed by atoms with Crippen LogP contribution in [0.2, 0.25) is 0 Å². The molecular weight excluding hydrogens is 204 g/mol. The summed E-state index contributed by atoms with van der Waals surface area (Å²) in [6.07, 6.45) is 3.89. The fraction of sp³-hybridized carbons (Fsp3) is 0.545. The molecule has 5 heteroatoms.